The first-order chi connectivity index (χ1) is 8.99. The Morgan fingerprint density at radius 3 is 2.53 bits per heavy atom. The summed E-state index contributed by atoms with van der Waals surface area (Å²) < 4.78 is 37.1. The van der Waals surface area contributed by atoms with Gasteiger partial charge in [0, 0.05) is 0 Å². The largest absolute Gasteiger partial charge is 0.492 e. The predicted molar refractivity (Wildman–Crippen MR) is 75.1 cm³/mol. The van der Waals surface area contributed by atoms with E-state index < -0.39 is 10.1 Å². The van der Waals surface area contributed by atoms with E-state index in [-0.39, 0.29) is 10.6 Å². The Kier molecular flexibility index (Phi) is 6.31. The van der Waals surface area contributed by atoms with Crippen LogP contribution in [0, 0.1) is 5.92 Å². The predicted octanol–water partition coefficient (Wildman–Crippen LogP) is 3.53. The molecule has 1 rings (SSSR count). The molecule has 0 heterocycles. The van der Waals surface area contributed by atoms with E-state index in [1.54, 1.807) is 18.2 Å². The SMILES string of the molecule is CCCCC(CC)COc1ccccc1S(=O)(=O)O. The van der Waals surface area contributed by atoms with E-state index in [4.69, 9.17) is 9.29 Å². The molecule has 0 aliphatic carbocycles. The highest BCUT2D eigenvalue weighted by Gasteiger charge is 2.16. The zero-order valence-corrected chi connectivity index (χ0v) is 12.3. The van der Waals surface area contributed by atoms with E-state index in [2.05, 4.69) is 13.8 Å². The molecule has 4 nitrogen and oxygen atoms in total. The van der Waals surface area contributed by atoms with Crippen molar-refractivity contribution in [1.82, 2.24) is 0 Å². The van der Waals surface area contributed by atoms with Crippen molar-refractivity contribution in [2.24, 2.45) is 5.92 Å². The highest BCUT2D eigenvalue weighted by molar-refractivity contribution is 7.86. The minimum atomic E-state index is -4.23. The number of hydrogen-bond acceptors (Lipinski definition) is 3. The van der Waals surface area contributed by atoms with E-state index in [0.717, 1.165) is 25.7 Å². The fraction of sp³-hybridized carbons (Fsp3) is 0.571. The van der Waals surface area contributed by atoms with Gasteiger partial charge in [-0.25, -0.2) is 0 Å². The standard InChI is InChI=1S/C14H22O4S/c1-3-5-8-12(4-2)11-18-13-9-6-7-10-14(13)19(15,16)17/h6-7,9-10,12H,3-5,8,11H2,1-2H3,(H,15,16,17). The van der Waals surface area contributed by atoms with Crippen LogP contribution in [0.3, 0.4) is 0 Å². The second-order valence-corrected chi connectivity index (χ2v) is 6.04. The Morgan fingerprint density at radius 2 is 1.95 bits per heavy atom. The van der Waals surface area contributed by atoms with Gasteiger partial charge in [-0.3, -0.25) is 4.55 Å². The van der Waals surface area contributed by atoms with Crippen molar-refractivity contribution in [3.05, 3.63) is 24.3 Å². The van der Waals surface area contributed by atoms with Crippen molar-refractivity contribution >= 4 is 10.1 Å². The smallest absolute Gasteiger partial charge is 0.298 e. The van der Waals surface area contributed by atoms with Crippen LogP contribution >= 0.6 is 0 Å². The highest BCUT2D eigenvalue weighted by atomic mass is 32.2. The van der Waals surface area contributed by atoms with Gasteiger partial charge in [-0.15, -0.1) is 0 Å². The summed E-state index contributed by atoms with van der Waals surface area (Å²) in [5, 5.41) is 0. The third kappa shape index (κ3) is 5.20. The molecule has 0 aliphatic heterocycles. The molecule has 0 aromatic heterocycles. The minimum absolute atomic E-state index is 0.166. The van der Waals surface area contributed by atoms with Crippen LogP contribution in [0.1, 0.15) is 39.5 Å². The van der Waals surface area contributed by atoms with Crippen molar-refractivity contribution < 1.29 is 17.7 Å². The van der Waals surface area contributed by atoms with Crippen LogP contribution in [0.5, 0.6) is 5.75 Å². The van der Waals surface area contributed by atoms with Crippen molar-refractivity contribution in [1.29, 1.82) is 0 Å². The van der Waals surface area contributed by atoms with Gasteiger partial charge in [-0.1, -0.05) is 45.2 Å². The molecule has 0 saturated heterocycles. The monoisotopic (exact) mass is 286 g/mol. The second kappa shape index (κ2) is 7.50. The third-order valence-corrected chi connectivity index (χ3v) is 4.04. The summed E-state index contributed by atoms with van der Waals surface area (Å²) in [6, 6.07) is 6.16. The molecule has 1 atom stereocenters. The molecule has 0 amide bonds. The molecule has 0 radical (unpaired) electrons. The van der Waals surface area contributed by atoms with Crippen LogP contribution in [-0.4, -0.2) is 19.6 Å². The molecule has 5 heteroatoms. The second-order valence-electron chi connectivity index (χ2n) is 4.65. The number of benzene rings is 1. The van der Waals surface area contributed by atoms with E-state index in [9.17, 15) is 8.42 Å². The van der Waals surface area contributed by atoms with Crippen molar-refractivity contribution in [3.8, 4) is 5.75 Å². The number of hydrogen-bond donors (Lipinski definition) is 1. The highest BCUT2D eigenvalue weighted by Crippen LogP contribution is 2.24. The van der Waals surface area contributed by atoms with Crippen molar-refractivity contribution in [3.63, 3.8) is 0 Å². The molecule has 108 valence electrons. The molecule has 0 aliphatic rings. The molecule has 0 spiro atoms. The number of para-hydroxylation sites is 1. The maximum absolute atomic E-state index is 11.2. The maximum atomic E-state index is 11.2. The molecule has 0 saturated carbocycles. The first kappa shape index (κ1) is 16.0. The minimum Gasteiger partial charge on any atom is -0.492 e. The zero-order valence-electron chi connectivity index (χ0n) is 11.5. The van der Waals surface area contributed by atoms with Crippen molar-refractivity contribution in [2.75, 3.05) is 6.61 Å². The first-order valence-corrected chi connectivity index (χ1v) is 8.12. The first-order valence-electron chi connectivity index (χ1n) is 6.68. The molecular formula is C14H22O4S. The Balaban J connectivity index is 2.72. The third-order valence-electron chi connectivity index (χ3n) is 3.14. The maximum Gasteiger partial charge on any atom is 0.298 e. The summed E-state index contributed by atoms with van der Waals surface area (Å²) in [6.45, 7) is 4.71. The lowest BCUT2D eigenvalue weighted by Crippen LogP contribution is -2.13. The lowest BCUT2D eigenvalue weighted by Gasteiger charge is -2.16. The van der Waals surface area contributed by atoms with E-state index in [0.29, 0.717) is 12.5 Å². The topological polar surface area (TPSA) is 63.6 Å². The molecule has 1 unspecified atom stereocenters. The normalized spacial score (nSPS) is 13.2. The number of unbranched alkanes of at least 4 members (excludes halogenated alkanes) is 1. The summed E-state index contributed by atoms with van der Waals surface area (Å²) in [4.78, 5) is -0.166. The summed E-state index contributed by atoms with van der Waals surface area (Å²) in [7, 11) is -4.23. The lowest BCUT2D eigenvalue weighted by molar-refractivity contribution is 0.228. The molecule has 1 aromatic carbocycles. The average molecular weight is 286 g/mol. The van der Waals surface area contributed by atoms with E-state index in [1.807, 2.05) is 0 Å². The molecule has 0 bridgehead atoms. The van der Waals surface area contributed by atoms with Gasteiger partial charge >= 0.3 is 0 Å². The number of ether oxygens (including phenoxy) is 1. The van der Waals surface area contributed by atoms with E-state index in [1.165, 1.54) is 6.07 Å². The fourth-order valence-corrected chi connectivity index (χ4v) is 2.52. The Bertz CT molecular complexity index is 482. The van der Waals surface area contributed by atoms with Crippen molar-refractivity contribution in [2.45, 2.75) is 44.4 Å². The molecule has 0 fully saturated rings. The summed E-state index contributed by atoms with van der Waals surface area (Å²) in [5.74, 6) is 0.634. The van der Waals surface area contributed by atoms with Gasteiger partial charge in [0.25, 0.3) is 10.1 Å². The van der Waals surface area contributed by atoms with Crippen LogP contribution in [0.4, 0.5) is 0 Å². The van der Waals surface area contributed by atoms with Gasteiger partial charge in [0.05, 0.1) is 6.61 Å². The Morgan fingerprint density at radius 1 is 1.26 bits per heavy atom. The van der Waals surface area contributed by atoms with Crippen LogP contribution in [0.15, 0.2) is 29.2 Å². The fourth-order valence-electron chi connectivity index (χ4n) is 1.89. The van der Waals surface area contributed by atoms with Crippen LogP contribution in [-0.2, 0) is 10.1 Å². The van der Waals surface area contributed by atoms with Gasteiger partial charge in [0.15, 0.2) is 0 Å². The molecule has 1 N–H and O–H groups in total. The van der Waals surface area contributed by atoms with Gasteiger partial charge in [-0.05, 0) is 24.5 Å². The lowest BCUT2D eigenvalue weighted by atomic mass is 10.0. The quantitative estimate of drug-likeness (QED) is 0.743. The van der Waals surface area contributed by atoms with Crippen LogP contribution in [0.25, 0.3) is 0 Å². The van der Waals surface area contributed by atoms with Gasteiger partial charge in [0.1, 0.15) is 10.6 Å². The van der Waals surface area contributed by atoms with Gasteiger partial charge in [-0.2, -0.15) is 8.42 Å². The summed E-state index contributed by atoms with van der Waals surface area (Å²) >= 11 is 0. The summed E-state index contributed by atoms with van der Waals surface area (Å²) in [6.07, 6.45) is 4.34. The Labute approximate surface area is 115 Å². The molecule has 1 aromatic rings. The number of rotatable bonds is 8. The van der Waals surface area contributed by atoms with Crippen LogP contribution in [0.2, 0.25) is 0 Å². The molecule has 19 heavy (non-hydrogen) atoms. The van der Waals surface area contributed by atoms with E-state index >= 15 is 0 Å². The molecular weight excluding hydrogens is 264 g/mol. The zero-order chi connectivity index (χ0) is 14.3. The van der Waals surface area contributed by atoms with Gasteiger partial charge in [0.2, 0.25) is 0 Å². The Hall–Kier alpha value is -1.07. The van der Waals surface area contributed by atoms with Gasteiger partial charge < -0.3 is 4.74 Å². The average Bonchev–Trinajstić information content (AvgIpc) is 2.38. The summed E-state index contributed by atoms with van der Waals surface area (Å²) in [5.41, 5.74) is 0. The van der Waals surface area contributed by atoms with Crippen LogP contribution < -0.4 is 4.74 Å².